The Kier molecular flexibility index (Phi) is 3.71. The van der Waals surface area contributed by atoms with Crippen LogP contribution in [-0.2, 0) is 0 Å². The number of aromatic nitrogens is 3. The third-order valence-electron chi connectivity index (χ3n) is 4.14. The Labute approximate surface area is 124 Å². The summed E-state index contributed by atoms with van der Waals surface area (Å²) in [5, 5.41) is 13.8. The zero-order chi connectivity index (χ0) is 14.9. The second-order valence-corrected chi connectivity index (χ2v) is 5.93. The highest BCUT2D eigenvalue weighted by atomic mass is 16.3. The van der Waals surface area contributed by atoms with Gasteiger partial charge in [-0.3, -0.25) is 0 Å². The normalized spacial score (nSPS) is 17.3. The first-order chi connectivity index (χ1) is 10.1. The summed E-state index contributed by atoms with van der Waals surface area (Å²) in [5.41, 5.74) is 0.231. The maximum atomic E-state index is 10.6. The van der Waals surface area contributed by atoms with Crippen molar-refractivity contribution in [2.75, 3.05) is 30.4 Å². The minimum absolute atomic E-state index is 0.589. The predicted octanol–water partition coefficient (Wildman–Crippen LogP) is 1.90. The fourth-order valence-electron chi connectivity index (χ4n) is 3.15. The lowest BCUT2D eigenvalue weighted by atomic mass is 10.0. The number of aliphatic hydroxyl groups is 1. The van der Waals surface area contributed by atoms with E-state index >= 15 is 0 Å². The van der Waals surface area contributed by atoms with Gasteiger partial charge in [0.1, 0.15) is 5.82 Å². The van der Waals surface area contributed by atoms with Crippen molar-refractivity contribution >= 4 is 17.3 Å². The van der Waals surface area contributed by atoms with Crippen LogP contribution >= 0.6 is 0 Å². The van der Waals surface area contributed by atoms with Gasteiger partial charge in [0.2, 0.25) is 0 Å². The first-order valence-corrected chi connectivity index (χ1v) is 7.62. The molecule has 2 aromatic rings. The van der Waals surface area contributed by atoms with Crippen molar-refractivity contribution < 1.29 is 5.11 Å². The second kappa shape index (κ2) is 5.52. The topological polar surface area (TPSA) is 65.7 Å². The molecule has 0 unspecified atom stereocenters. The number of imidazole rings is 1. The summed E-state index contributed by atoms with van der Waals surface area (Å²) >= 11 is 0. The first-order valence-electron chi connectivity index (χ1n) is 7.62. The molecule has 1 aliphatic carbocycles. The lowest BCUT2D eigenvalue weighted by Gasteiger charge is -2.29. The van der Waals surface area contributed by atoms with Gasteiger partial charge in [-0.1, -0.05) is 12.8 Å². The minimum Gasteiger partial charge on any atom is -0.388 e. The van der Waals surface area contributed by atoms with Crippen molar-refractivity contribution in [3.8, 4) is 0 Å². The van der Waals surface area contributed by atoms with Crippen LogP contribution in [0.5, 0.6) is 0 Å². The molecule has 2 heterocycles. The van der Waals surface area contributed by atoms with Gasteiger partial charge in [0, 0.05) is 32.5 Å². The molecule has 0 saturated heterocycles. The Morgan fingerprint density at radius 3 is 2.90 bits per heavy atom. The van der Waals surface area contributed by atoms with Crippen LogP contribution in [0.4, 0.5) is 11.6 Å². The number of likely N-dealkylation sites (N-methyl/N-ethyl adjacent to an activating group) is 1. The van der Waals surface area contributed by atoms with Crippen molar-refractivity contribution in [2.45, 2.75) is 38.2 Å². The van der Waals surface area contributed by atoms with Gasteiger partial charge in [-0.25, -0.2) is 9.97 Å². The van der Waals surface area contributed by atoms with E-state index in [2.05, 4.69) is 15.3 Å². The molecule has 0 aliphatic heterocycles. The van der Waals surface area contributed by atoms with Gasteiger partial charge in [-0.15, -0.1) is 0 Å². The number of nitrogens with zero attached hydrogens (tertiary/aromatic N) is 4. The quantitative estimate of drug-likeness (QED) is 0.880. The fourth-order valence-corrected chi connectivity index (χ4v) is 3.15. The van der Waals surface area contributed by atoms with Gasteiger partial charge in [-0.2, -0.15) is 0 Å². The molecule has 0 radical (unpaired) electrons. The molecule has 6 nitrogen and oxygen atoms in total. The number of hydrogen-bond acceptors (Lipinski definition) is 5. The maximum Gasteiger partial charge on any atom is 0.180 e. The molecule has 6 heteroatoms. The molecule has 2 N–H and O–H groups in total. The standard InChI is InChI=1S/C15H23N5O/c1-3-16-12-10-20-9-8-17-13(20)14(18-12)19(2)11-15(21)6-4-5-7-15/h8-10,16,21H,3-7,11H2,1-2H3. The van der Waals surface area contributed by atoms with Crippen LogP contribution < -0.4 is 10.2 Å². The maximum absolute atomic E-state index is 10.6. The molecule has 1 fully saturated rings. The van der Waals surface area contributed by atoms with E-state index in [-0.39, 0.29) is 0 Å². The molecular formula is C15H23N5O. The number of fused-ring (bicyclic) bond motifs is 1. The third kappa shape index (κ3) is 2.81. The fraction of sp³-hybridized carbons (Fsp3) is 0.600. The highest BCUT2D eigenvalue weighted by molar-refractivity contribution is 5.66. The Morgan fingerprint density at radius 1 is 1.43 bits per heavy atom. The average Bonchev–Trinajstić information content (AvgIpc) is 3.07. The van der Waals surface area contributed by atoms with Crippen LogP contribution in [0, 0.1) is 0 Å². The smallest absolute Gasteiger partial charge is 0.180 e. The number of rotatable bonds is 5. The van der Waals surface area contributed by atoms with Crippen LogP contribution in [0.1, 0.15) is 32.6 Å². The molecule has 0 spiro atoms. The van der Waals surface area contributed by atoms with Crippen LogP contribution in [0.15, 0.2) is 18.6 Å². The number of anilines is 2. The molecule has 0 aromatic carbocycles. The van der Waals surface area contributed by atoms with Crippen molar-refractivity contribution in [2.24, 2.45) is 0 Å². The lowest BCUT2D eigenvalue weighted by molar-refractivity contribution is 0.0558. The van der Waals surface area contributed by atoms with Gasteiger partial charge in [0.15, 0.2) is 11.5 Å². The van der Waals surface area contributed by atoms with E-state index in [1.54, 1.807) is 6.20 Å². The Morgan fingerprint density at radius 2 is 2.19 bits per heavy atom. The van der Waals surface area contributed by atoms with Gasteiger partial charge in [-0.05, 0) is 19.8 Å². The van der Waals surface area contributed by atoms with E-state index in [9.17, 15) is 5.11 Å². The van der Waals surface area contributed by atoms with Gasteiger partial charge >= 0.3 is 0 Å². The average molecular weight is 289 g/mol. The van der Waals surface area contributed by atoms with E-state index in [0.717, 1.165) is 49.5 Å². The van der Waals surface area contributed by atoms with Crippen LogP contribution in [-0.4, -0.2) is 45.2 Å². The largest absolute Gasteiger partial charge is 0.388 e. The van der Waals surface area contributed by atoms with Crippen molar-refractivity contribution in [3.05, 3.63) is 18.6 Å². The summed E-state index contributed by atoms with van der Waals surface area (Å²) in [6.07, 6.45) is 9.58. The van der Waals surface area contributed by atoms with Gasteiger partial charge in [0.25, 0.3) is 0 Å². The van der Waals surface area contributed by atoms with Gasteiger partial charge < -0.3 is 19.7 Å². The summed E-state index contributed by atoms with van der Waals surface area (Å²) in [6, 6.07) is 0. The van der Waals surface area contributed by atoms with Crippen molar-refractivity contribution in [1.29, 1.82) is 0 Å². The van der Waals surface area contributed by atoms with Crippen LogP contribution in [0.25, 0.3) is 5.65 Å². The van der Waals surface area contributed by atoms with Crippen molar-refractivity contribution in [1.82, 2.24) is 14.4 Å². The highest BCUT2D eigenvalue weighted by Gasteiger charge is 2.33. The van der Waals surface area contributed by atoms with Crippen LogP contribution in [0.3, 0.4) is 0 Å². The molecule has 1 saturated carbocycles. The molecule has 0 atom stereocenters. The zero-order valence-electron chi connectivity index (χ0n) is 12.7. The zero-order valence-corrected chi connectivity index (χ0v) is 12.7. The van der Waals surface area contributed by atoms with Crippen LogP contribution in [0.2, 0.25) is 0 Å². The number of nitrogens with one attached hydrogen (secondary N) is 1. The summed E-state index contributed by atoms with van der Waals surface area (Å²) in [7, 11) is 1.98. The van der Waals surface area contributed by atoms with Crippen molar-refractivity contribution in [3.63, 3.8) is 0 Å². The van der Waals surface area contributed by atoms with E-state index in [4.69, 9.17) is 0 Å². The molecular weight excluding hydrogens is 266 g/mol. The van der Waals surface area contributed by atoms with E-state index in [1.165, 1.54) is 0 Å². The minimum atomic E-state index is -0.589. The Bertz CT molecular complexity index is 618. The highest BCUT2D eigenvalue weighted by Crippen LogP contribution is 2.31. The predicted molar refractivity (Wildman–Crippen MR) is 83.8 cm³/mol. The third-order valence-corrected chi connectivity index (χ3v) is 4.14. The summed E-state index contributed by atoms with van der Waals surface area (Å²) < 4.78 is 1.97. The number of hydrogen-bond donors (Lipinski definition) is 2. The van der Waals surface area contributed by atoms with E-state index in [1.807, 2.05) is 35.7 Å². The molecule has 21 heavy (non-hydrogen) atoms. The second-order valence-electron chi connectivity index (χ2n) is 5.93. The van der Waals surface area contributed by atoms with Gasteiger partial charge in [0.05, 0.1) is 11.8 Å². The Balaban J connectivity index is 1.92. The molecule has 0 amide bonds. The van der Waals surface area contributed by atoms with E-state index < -0.39 is 5.60 Å². The summed E-state index contributed by atoms with van der Waals surface area (Å²) in [5.74, 6) is 1.63. The SMILES string of the molecule is CCNc1cn2ccnc2c(N(C)CC2(O)CCCC2)n1. The summed E-state index contributed by atoms with van der Waals surface area (Å²) in [4.78, 5) is 11.1. The molecule has 1 aliphatic rings. The van der Waals surface area contributed by atoms with E-state index in [0.29, 0.717) is 6.54 Å². The monoisotopic (exact) mass is 289 g/mol. The molecule has 114 valence electrons. The summed E-state index contributed by atoms with van der Waals surface area (Å²) in [6.45, 7) is 3.46. The molecule has 0 bridgehead atoms. The lowest BCUT2D eigenvalue weighted by Crippen LogP contribution is -2.39. The molecule has 2 aromatic heterocycles. The molecule has 3 rings (SSSR count). The first kappa shape index (κ1) is 14.1. The Hall–Kier alpha value is -1.82.